The van der Waals surface area contributed by atoms with Crippen LogP contribution >= 0.6 is 0 Å². The van der Waals surface area contributed by atoms with E-state index in [0.29, 0.717) is 0 Å². The highest BCUT2D eigenvalue weighted by Crippen LogP contribution is 2.59. The van der Waals surface area contributed by atoms with Gasteiger partial charge in [-0.3, -0.25) is 9.98 Å². The average molecular weight is 772 g/mol. The van der Waals surface area contributed by atoms with Crippen molar-refractivity contribution in [1.82, 2.24) is 4.98 Å². The van der Waals surface area contributed by atoms with E-state index in [4.69, 9.17) is 9.98 Å². The Bertz CT molecular complexity index is 3090. The number of pyridine rings is 1. The number of anilines is 1. The lowest BCUT2D eigenvalue weighted by atomic mass is 9.67. The molecular formula is C57H45N3. The molecule has 60 heavy (non-hydrogen) atoms. The van der Waals surface area contributed by atoms with Crippen LogP contribution in [0.5, 0.6) is 0 Å². The second kappa shape index (κ2) is 13.5. The lowest BCUT2D eigenvalue weighted by Gasteiger charge is -2.41. The summed E-state index contributed by atoms with van der Waals surface area (Å²) in [7, 11) is 0. The molecule has 2 heterocycles. The molecule has 0 unspecified atom stereocenters. The number of hydrogen-bond donors (Lipinski definition) is 0. The van der Waals surface area contributed by atoms with Crippen LogP contribution in [0.2, 0.25) is 0 Å². The predicted octanol–water partition coefficient (Wildman–Crippen LogP) is 13.9. The highest BCUT2D eigenvalue weighted by atomic mass is 15.3. The second-order valence-electron chi connectivity index (χ2n) is 17.4. The summed E-state index contributed by atoms with van der Waals surface area (Å²) in [6.07, 6.45) is 2.06. The van der Waals surface area contributed by atoms with E-state index in [2.05, 4.69) is 233 Å². The first-order valence-corrected chi connectivity index (χ1v) is 21.0. The summed E-state index contributed by atoms with van der Waals surface area (Å²) >= 11 is 0. The molecule has 1 aliphatic heterocycles. The molecule has 11 rings (SSSR count). The Hall–Kier alpha value is -7.10. The van der Waals surface area contributed by atoms with Crippen LogP contribution in [0.3, 0.4) is 0 Å². The van der Waals surface area contributed by atoms with Gasteiger partial charge in [-0.05, 0) is 136 Å². The summed E-state index contributed by atoms with van der Waals surface area (Å²) in [4.78, 5) is 12.9. The molecule has 0 saturated heterocycles. The van der Waals surface area contributed by atoms with Gasteiger partial charge in [-0.1, -0.05) is 158 Å². The number of hydrogen-bond acceptors (Lipinski definition) is 3. The fourth-order valence-electron chi connectivity index (χ4n) is 10.0. The molecular weight excluding hydrogens is 727 g/mol. The molecule has 1 aromatic heterocycles. The van der Waals surface area contributed by atoms with Crippen LogP contribution in [0.1, 0.15) is 55.6 Å². The fourth-order valence-corrected chi connectivity index (χ4v) is 10.0. The second-order valence-corrected chi connectivity index (χ2v) is 17.4. The van der Waals surface area contributed by atoms with E-state index in [1.807, 2.05) is 0 Å². The lowest BCUT2D eigenvalue weighted by Crippen LogP contribution is -2.53. The molecule has 3 heteroatoms. The summed E-state index contributed by atoms with van der Waals surface area (Å²) in [5.41, 5.74) is 13.1. The first-order valence-electron chi connectivity index (χ1n) is 21.0. The minimum atomic E-state index is -0.585. The van der Waals surface area contributed by atoms with Crippen LogP contribution in [0.4, 0.5) is 5.69 Å². The van der Waals surface area contributed by atoms with Crippen molar-refractivity contribution in [3.05, 3.63) is 228 Å². The van der Waals surface area contributed by atoms with Crippen LogP contribution in [-0.4, -0.2) is 21.9 Å². The number of rotatable bonds is 6. The molecule has 0 spiro atoms. The molecule has 2 aliphatic rings. The maximum Gasteiger partial charge on any atom is 0.155 e. The van der Waals surface area contributed by atoms with Crippen molar-refractivity contribution in [2.24, 2.45) is 4.99 Å². The van der Waals surface area contributed by atoms with Crippen LogP contribution < -0.4 is 4.90 Å². The van der Waals surface area contributed by atoms with Gasteiger partial charge in [0.05, 0.1) is 16.5 Å². The minimum Gasteiger partial charge on any atom is -0.317 e. The maximum atomic E-state index is 5.33. The van der Waals surface area contributed by atoms with Crippen molar-refractivity contribution in [2.45, 2.75) is 44.2 Å². The minimum absolute atomic E-state index is 0.262. The molecule has 0 fully saturated rings. The number of benzene rings is 8. The first kappa shape index (κ1) is 36.0. The summed E-state index contributed by atoms with van der Waals surface area (Å²) in [6.45, 7) is 8.98. The highest BCUT2D eigenvalue weighted by Gasteiger charge is 2.50. The van der Waals surface area contributed by atoms with Crippen LogP contribution in [-0.2, 0) is 5.41 Å². The number of aromatic nitrogens is 1. The summed E-state index contributed by atoms with van der Waals surface area (Å²) in [5.74, 6) is 0.895. The summed E-state index contributed by atoms with van der Waals surface area (Å²) in [6, 6.07) is 71.2. The Morgan fingerprint density at radius 1 is 0.450 bits per heavy atom. The largest absolute Gasteiger partial charge is 0.317 e. The SMILES string of the molecule is CC1(C)N=C(c2ccc(-c3cc4c(c5ccccc35)-c3ccc(-c5ccc6ccccc6c5)cc3C4(c3ccccc3)c3ccccc3)cn2)N(c2ccccc2)C1(C)C. The van der Waals surface area contributed by atoms with Crippen molar-refractivity contribution in [1.29, 1.82) is 0 Å². The molecule has 288 valence electrons. The van der Waals surface area contributed by atoms with Crippen LogP contribution in [0, 0.1) is 0 Å². The third-order valence-electron chi connectivity index (χ3n) is 13.6. The summed E-state index contributed by atoms with van der Waals surface area (Å²) < 4.78 is 0. The van der Waals surface area contributed by atoms with Crippen LogP contribution in [0.25, 0.3) is 54.9 Å². The predicted molar refractivity (Wildman–Crippen MR) is 251 cm³/mol. The molecule has 1 aliphatic carbocycles. The molecule has 0 amide bonds. The molecule has 8 aromatic carbocycles. The van der Waals surface area contributed by atoms with Crippen molar-refractivity contribution < 1.29 is 0 Å². The molecule has 9 aromatic rings. The molecule has 0 N–H and O–H groups in total. The van der Waals surface area contributed by atoms with Gasteiger partial charge in [-0.2, -0.15) is 0 Å². The molecule has 0 bridgehead atoms. The molecule has 3 nitrogen and oxygen atoms in total. The van der Waals surface area contributed by atoms with Crippen molar-refractivity contribution in [3.63, 3.8) is 0 Å². The van der Waals surface area contributed by atoms with Crippen LogP contribution in [0.15, 0.2) is 205 Å². The van der Waals surface area contributed by atoms with E-state index in [0.717, 1.165) is 28.3 Å². The van der Waals surface area contributed by atoms with Gasteiger partial charge in [0.2, 0.25) is 0 Å². The van der Waals surface area contributed by atoms with E-state index in [1.165, 1.54) is 66.1 Å². The first-order chi connectivity index (χ1) is 29.3. The lowest BCUT2D eigenvalue weighted by molar-refractivity contribution is 0.338. The standard InChI is InChI=1S/C57H45N3/c1-55(2)56(3,4)60(45-24-12-7-13-25-45)54(59-55)52-33-31-42(37-58-52)49-36-51-53(47-27-17-16-26-46(47)49)48-32-30-41(40-29-28-38-18-14-15-19-39(38)34-40)35-50(48)57(51,43-20-8-5-9-21-43)44-22-10-6-11-23-44/h5-37H,1-4H3. The van der Waals surface area contributed by atoms with Crippen molar-refractivity contribution in [2.75, 3.05) is 4.90 Å². The van der Waals surface area contributed by atoms with Gasteiger partial charge >= 0.3 is 0 Å². The van der Waals surface area contributed by atoms with Crippen molar-refractivity contribution in [3.8, 4) is 33.4 Å². The molecule has 0 atom stereocenters. The van der Waals surface area contributed by atoms with E-state index < -0.39 is 5.41 Å². The Morgan fingerprint density at radius 3 is 1.72 bits per heavy atom. The van der Waals surface area contributed by atoms with Gasteiger partial charge in [-0.25, -0.2) is 0 Å². The Balaban J connectivity index is 1.14. The highest BCUT2D eigenvalue weighted by molar-refractivity contribution is 6.13. The summed E-state index contributed by atoms with van der Waals surface area (Å²) in [5, 5.41) is 4.93. The monoisotopic (exact) mass is 771 g/mol. The molecule has 0 radical (unpaired) electrons. The van der Waals surface area contributed by atoms with Crippen molar-refractivity contribution >= 4 is 33.1 Å². The zero-order valence-corrected chi connectivity index (χ0v) is 34.4. The topological polar surface area (TPSA) is 28.5 Å². The van der Waals surface area contributed by atoms with E-state index >= 15 is 0 Å². The third kappa shape index (κ3) is 5.28. The average Bonchev–Trinajstić information content (AvgIpc) is 3.70. The molecule has 0 saturated carbocycles. The van der Waals surface area contributed by atoms with Gasteiger partial charge in [0.1, 0.15) is 5.69 Å². The maximum absolute atomic E-state index is 5.33. The number of amidine groups is 1. The zero-order valence-electron chi connectivity index (χ0n) is 34.4. The normalized spacial score (nSPS) is 15.8. The van der Waals surface area contributed by atoms with E-state index in [-0.39, 0.29) is 11.1 Å². The Morgan fingerprint density at radius 2 is 1.03 bits per heavy atom. The van der Waals surface area contributed by atoms with E-state index in [1.54, 1.807) is 0 Å². The number of nitrogens with zero attached hydrogens (tertiary/aromatic N) is 3. The van der Waals surface area contributed by atoms with Gasteiger partial charge in [-0.15, -0.1) is 0 Å². The smallest absolute Gasteiger partial charge is 0.155 e. The van der Waals surface area contributed by atoms with Gasteiger partial charge in [0.15, 0.2) is 5.84 Å². The Kier molecular flexibility index (Phi) is 8.09. The van der Waals surface area contributed by atoms with Gasteiger partial charge < -0.3 is 4.90 Å². The van der Waals surface area contributed by atoms with Gasteiger partial charge in [0, 0.05) is 17.4 Å². The Labute approximate surface area is 352 Å². The fraction of sp³-hybridized carbons (Fsp3) is 0.123. The number of fused-ring (bicyclic) bond motifs is 6. The zero-order chi connectivity index (χ0) is 40.6. The third-order valence-corrected chi connectivity index (χ3v) is 13.6. The van der Waals surface area contributed by atoms with Gasteiger partial charge in [0.25, 0.3) is 0 Å². The number of para-hydroxylation sites is 1. The quantitative estimate of drug-likeness (QED) is 0.168. The number of aliphatic imine (C=N–C) groups is 1. The van der Waals surface area contributed by atoms with E-state index in [9.17, 15) is 0 Å².